The van der Waals surface area contributed by atoms with Crippen LogP contribution in [-0.4, -0.2) is 31.5 Å². The largest absolute Gasteiger partial charge is 0.497 e. The van der Waals surface area contributed by atoms with E-state index in [1.165, 1.54) is 0 Å². The normalized spacial score (nSPS) is 19.0. The van der Waals surface area contributed by atoms with Gasteiger partial charge in [0.15, 0.2) is 12.1 Å². The van der Waals surface area contributed by atoms with Gasteiger partial charge in [-0.2, -0.15) is 0 Å². The highest BCUT2D eigenvalue weighted by Gasteiger charge is 2.51. The number of esters is 1. The van der Waals surface area contributed by atoms with Gasteiger partial charge in [-0.25, -0.2) is 0 Å². The van der Waals surface area contributed by atoms with E-state index in [1.54, 1.807) is 26.2 Å². The molecule has 2 N–H and O–H groups in total. The van der Waals surface area contributed by atoms with Crippen LogP contribution in [0.2, 0.25) is 0 Å². The first kappa shape index (κ1) is 24.7. The van der Waals surface area contributed by atoms with Gasteiger partial charge in [0.1, 0.15) is 5.75 Å². The van der Waals surface area contributed by atoms with Crippen molar-refractivity contribution in [2.75, 3.05) is 13.7 Å². The molecule has 36 heavy (non-hydrogen) atoms. The maximum absolute atomic E-state index is 14.0. The molecular formula is C29H28N2O5. The zero-order chi connectivity index (χ0) is 25.5. The van der Waals surface area contributed by atoms with E-state index < -0.39 is 35.8 Å². The van der Waals surface area contributed by atoms with Gasteiger partial charge in [-0.05, 0) is 34.9 Å². The fourth-order valence-corrected chi connectivity index (χ4v) is 4.36. The lowest BCUT2D eigenvalue weighted by atomic mass is 9.71. The highest BCUT2D eigenvalue weighted by Crippen LogP contribution is 2.43. The molecule has 0 radical (unpaired) electrons. The van der Waals surface area contributed by atoms with Gasteiger partial charge in [-0.3, -0.25) is 14.4 Å². The Morgan fingerprint density at radius 2 is 1.58 bits per heavy atom. The molecule has 0 bridgehead atoms. The van der Waals surface area contributed by atoms with E-state index in [-0.39, 0.29) is 6.42 Å². The molecule has 184 valence electrons. The van der Waals surface area contributed by atoms with Gasteiger partial charge in [0.2, 0.25) is 0 Å². The summed E-state index contributed by atoms with van der Waals surface area (Å²) in [4.78, 5) is 38.8. The van der Waals surface area contributed by atoms with E-state index in [4.69, 9.17) is 9.47 Å². The third kappa shape index (κ3) is 5.00. The molecule has 2 amide bonds. The summed E-state index contributed by atoms with van der Waals surface area (Å²) in [6.45, 7) is 1.16. The zero-order valence-electron chi connectivity index (χ0n) is 20.2. The smallest absolute Gasteiger partial charge is 0.306 e. The molecule has 0 spiro atoms. The quantitative estimate of drug-likeness (QED) is 0.473. The summed E-state index contributed by atoms with van der Waals surface area (Å²) >= 11 is 0. The maximum Gasteiger partial charge on any atom is 0.306 e. The maximum atomic E-state index is 14.0. The van der Waals surface area contributed by atoms with Crippen molar-refractivity contribution in [1.29, 1.82) is 0 Å². The average Bonchev–Trinajstić information content (AvgIpc) is 2.93. The fraction of sp³-hybridized carbons (Fsp3) is 0.207. The van der Waals surface area contributed by atoms with Crippen LogP contribution in [0.3, 0.4) is 0 Å². The van der Waals surface area contributed by atoms with Crippen molar-refractivity contribution in [3.8, 4) is 5.75 Å². The van der Waals surface area contributed by atoms with E-state index in [9.17, 15) is 14.4 Å². The first-order chi connectivity index (χ1) is 17.5. The van der Waals surface area contributed by atoms with Crippen molar-refractivity contribution in [2.24, 2.45) is 0 Å². The predicted octanol–water partition coefficient (Wildman–Crippen LogP) is 3.91. The number of benzene rings is 3. The summed E-state index contributed by atoms with van der Waals surface area (Å²) < 4.78 is 10.4. The van der Waals surface area contributed by atoms with Crippen LogP contribution < -0.4 is 15.4 Å². The lowest BCUT2D eigenvalue weighted by Gasteiger charge is -2.43. The number of carbonyl (C=O) groups excluding carboxylic acids is 3. The molecule has 4 rings (SSSR count). The molecule has 7 heteroatoms. The minimum atomic E-state index is -1.50. The highest BCUT2D eigenvalue weighted by molar-refractivity contribution is 6.01. The van der Waals surface area contributed by atoms with E-state index >= 15 is 0 Å². The van der Waals surface area contributed by atoms with Gasteiger partial charge in [-0.15, -0.1) is 0 Å². The number of amides is 2. The van der Waals surface area contributed by atoms with Crippen LogP contribution in [0.25, 0.3) is 5.70 Å². The molecule has 0 fully saturated rings. The van der Waals surface area contributed by atoms with E-state index in [0.717, 1.165) is 11.1 Å². The van der Waals surface area contributed by atoms with Crippen LogP contribution in [0.4, 0.5) is 0 Å². The Morgan fingerprint density at radius 1 is 0.944 bits per heavy atom. The molecular weight excluding hydrogens is 456 g/mol. The lowest BCUT2D eigenvalue weighted by molar-refractivity contribution is -0.149. The van der Waals surface area contributed by atoms with Gasteiger partial charge in [0.05, 0.1) is 7.11 Å². The topological polar surface area (TPSA) is 93.7 Å². The SMILES string of the molecule is CCC(=O)OCC(=O)N[C@@]1(c2ccccc2)C(=O)NC(c2ccccc2)=C[C@H]1c1ccc(OC)cc1. The molecule has 7 nitrogen and oxygen atoms in total. The Kier molecular flexibility index (Phi) is 7.49. The van der Waals surface area contributed by atoms with E-state index in [1.807, 2.05) is 78.9 Å². The van der Waals surface area contributed by atoms with Crippen molar-refractivity contribution in [2.45, 2.75) is 24.8 Å². The first-order valence-electron chi connectivity index (χ1n) is 11.7. The highest BCUT2D eigenvalue weighted by atomic mass is 16.5. The van der Waals surface area contributed by atoms with Crippen molar-refractivity contribution in [3.63, 3.8) is 0 Å². The molecule has 0 aliphatic carbocycles. The number of hydrogen-bond acceptors (Lipinski definition) is 5. The average molecular weight is 485 g/mol. The molecule has 1 aliphatic heterocycles. The molecule has 3 aromatic rings. The van der Waals surface area contributed by atoms with Crippen molar-refractivity contribution >= 4 is 23.5 Å². The Bertz CT molecular complexity index is 1260. The van der Waals surface area contributed by atoms with Crippen LogP contribution in [0, 0.1) is 0 Å². The zero-order valence-corrected chi connectivity index (χ0v) is 20.2. The number of methoxy groups -OCH3 is 1. The predicted molar refractivity (Wildman–Crippen MR) is 136 cm³/mol. The summed E-state index contributed by atoms with van der Waals surface area (Å²) in [5.74, 6) is -1.38. The number of carbonyl (C=O) groups is 3. The number of ether oxygens (including phenoxy) is 2. The number of hydrogen-bond donors (Lipinski definition) is 2. The fourth-order valence-electron chi connectivity index (χ4n) is 4.36. The standard InChI is InChI=1S/C29H28N2O5/c1-3-27(33)36-19-26(32)31-29(22-12-8-5-9-13-22)24(20-14-16-23(35-2)17-15-20)18-25(30-28(29)34)21-10-6-4-7-11-21/h4-18,24H,3,19H2,1-2H3,(H,30,34)(H,31,32)/t24-,29+/m0/s1. The summed E-state index contributed by atoms with van der Waals surface area (Å²) in [7, 11) is 1.59. The van der Waals surface area contributed by atoms with Crippen LogP contribution in [0.1, 0.15) is 36.0 Å². The van der Waals surface area contributed by atoms with Gasteiger partial charge in [0.25, 0.3) is 11.8 Å². The summed E-state index contributed by atoms with van der Waals surface area (Å²) in [6, 6.07) is 26.0. The van der Waals surface area contributed by atoms with Crippen LogP contribution >= 0.6 is 0 Å². The summed E-state index contributed by atoms with van der Waals surface area (Å²) in [5.41, 5.74) is 1.38. The molecule has 0 saturated carbocycles. The minimum absolute atomic E-state index is 0.148. The second-order valence-corrected chi connectivity index (χ2v) is 8.39. The second-order valence-electron chi connectivity index (χ2n) is 8.39. The minimum Gasteiger partial charge on any atom is -0.497 e. The van der Waals surface area contributed by atoms with Crippen molar-refractivity contribution < 1.29 is 23.9 Å². The first-order valence-corrected chi connectivity index (χ1v) is 11.7. The molecule has 0 aromatic heterocycles. The van der Waals surface area contributed by atoms with Crippen molar-refractivity contribution in [1.82, 2.24) is 10.6 Å². The van der Waals surface area contributed by atoms with Gasteiger partial charge in [-0.1, -0.05) is 79.7 Å². The number of nitrogens with one attached hydrogen (secondary N) is 2. The Hall–Kier alpha value is -4.39. The second kappa shape index (κ2) is 10.9. The molecule has 0 saturated heterocycles. The van der Waals surface area contributed by atoms with E-state index in [2.05, 4.69) is 10.6 Å². The third-order valence-electron chi connectivity index (χ3n) is 6.18. The molecule has 1 aliphatic rings. The molecule has 2 atom stereocenters. The van der Waals surface area contributed by atoms with Crippen LogP contribution in [-0.2, 0) is 24.7 Å². The van der Waals surface area contributed by atoms with Gasteiger partial charge >= 0.3 is 5.97 Å². The van der Waals surface area contributed by atoms with E-state index in [0.29, 0.717) is 17.0 Å². The Morgan fingerprint density at radius 3 is 2.19 bits per heavy atom. The molecule has 3 aromatic carbocycles. The summed E-state index contributed by atoms with van der Waals surface area (Å²) in [6.07, 6.45) is 2.10. The summed E-state index contributed by atoms with van der Waals surface area (Å²) in [5, 5.41) is 5.92. The Balaban J connectivity index is 1.87. The molecule has 0 unspecified atom stereocenters. The van der Waals surface area contributed by atoms with Crippen molar-refractivity contribution in [3.05, 3.63) is 108 Å². The Labute approximate surface area is 210 Å². The van der Waals surface area contributed by atoms with Crippen LogP contribution in [0.15, 0.2) is 91.0 Å². The molecule has 1 heterocycles. The monoisotopic (exact) mass is 484 g/mol. The lowest BCUT2D eigenvalue weighted by Crippen LogP contribution is -2.61. The third-order valence-corrected chi connectivity index (χ3v) is 6.18. The van der Waals surface area contributed by atoms with Gasteiger partial charge < -0.3 is 20.1 Å². The number of rotatable bonds is 8. The van der Waals surface area contributed by atoms with Crippen LogP contribution in [0.5, 0.6) is 5.75 Å². The van der Waals surface area contributed by atoms with Gasteiger partial charge in [0, 0.05) is 18.0 Å².